The van der Waals surface area contributed by atoms with E-state index in [1.165, 1.54) is 62.8 Å². The van der Waals surface area contributed by atoms with Crippen LogP contribution >= 0.6 is 0 Å². The monoisotopic (exact) mass is 505 g/mol. The molecule has 37 heavy (non-hydrogen) atoms. The van der Waals surface area contributed by atoms with Crippen molar-refractivity contribution in [2.75, 3.05) is 5.32 Å². The Morgan fingerprint density at radius 3 is 2.24 bits per heavy atom. The summed E-state index contributed by atoms with van der Waals surface area (Å²) >= 11 is 0. The maximum Gasteiger partial charge on any atom is 0.335 e. The number of carboxylic acids is 1. The number of benzene rings is 2. The summed E-state index contributed by atoms with van der Waals surface area (Å²) in [6.07, 6.45) is 9.09. The first-order chi connectivity index (χ1) is 17.8. The molecule has 2 aromatic carbocycles. The molecule has 4 aliphatic carbocycles. The van der Waals surface area contributed by atoms with Crippen LogP contribution in [0.5, 0.6) is 0 Å². The molecule has 7 rings (SSSR count). The number of halogens is 2. The van der Waals surface area contributed by atoms with Gasteiger partial charge in [-0.15, -0.1) is 0 Å². The number of anilines is 1. The van der Waals surface area contributed by atoms with Gasteiger partial charge in [-0.3, -0.25) is 4.79 Å². The van der Waals surface area contributed by atoms with Crippen molar-refractivity contribution >= 4 is 17.6 Å². The van der Waals surface area contributed by atoms with Gasteiger partial charge in [0.15, 0.2) is 0 Å². The van der Waals surface area contributed by atoms with E-state index in [1.807, 2.05) is 0 Å². The van der Waals surface area contributed by atoms with Gasteiger partial charge in [0.2, 0.25) is 0 Å². The van der Waals surface area contributed by atoms with Gasteiger partial charge in [0.1, 0.15) is 23.2 Å². The molecule has 4 saturated carbocycles. The van der Waals surface area contributed by atoms with Crippen LogP contribution in [0.2, 0.25) is 0 Å². The zero-order valence-corrected chi connectivity index (χ0v) is 20.4. The average molecular weight is 506 g/mol. The van der Waals surface area contributed by atoms with Gasteiger partial charge in [-0.05, 0) is 105 Å². The first-order valence-corrected chi connectivity index (χ1v) is 13.0. The molecule has 3 aromatic rings. The summed E-state index contributed by atoms with van der Waals surface area (Å²) in [5.74, 6) is -0.835. The second kappa shape index (κ2) is 9.08. The van der Waals surface area contributed by atoms with Crippen molar-refractivity contribution in [3.8, 4) is 11.4 Å². The van der Waals surface area contributed by atoms with E-state index in [0.717, 1.165) is 36.3 Å². The highest BCUT2D eigenvalue weighted by atomic mass is 19.1. The number of rotatable bonds is 7. The van der Waals surface area contributed by atoms with E-state index in [2.05, 4.69) is 15.3 Å². The van der Waals surface area contributed by atoms with Gasteiger partial charge in [0.05, 0.1) is 11.1 Å². The van der Waals surface area contributed by atoms with Gasteiger partial charge < -0.3 is 15.4 Å². The van der Waals surface area contributed by atoms with Crippen LogP contribution in [0, 0.1) is 34.8 Å². The van der Waals surface area contributed by atoms with E-state index < -0.39 is 23.5 Å². The highest BCUT2D eigenvalue weighted by Gasteiger charge is 2.50. The molecule has 0 spiro atoms. The predicted octanol–water partition coefficient (Wildman–Crippen LogP) is 6.45. The SMILES string of the molecule is O=C(O)c1cccc(NC(=O)c2nc(-c3c(F)cccc3F)[nH]c2CCC23CC4CC(CC(C4)C2)C3)c1. The minimum atomic E-state index is -1.11. The van der Waals surface area contributed by atoms with Crippen LogP contribution in [0.3, 0.4) is 0 Å². The van der Waals surface area contributed by atoms with Gasteiger partial charge >= 0.3 is 5.97 Å². The fraction of sp³-hybridized carbons (Fsp3) is 0.414. The molecule has 4 fully saturated rings. The number of hydrogen-bond acceptors (Lipinski definition) is 3. The molecule has 0 radical (unpaired) electrons. The Bertz CT molecular complexity index is 1330. The van der Waals surface area contributed by atoms with Crippen LogP contribution in [-0.2, 0) is 6.42 Å². The maximum absolute atomic E-state index is 14.6. The summed E-state index contributed by atoms with van der Waals surface area (Å²) in [7, 11) is 0. The molecule has 4 aliphatic rings. The van der Waals surface area contributed by atoms with E-state index in [4.69, 9.17) is 0 Å². The third-order valence-electron chi connectivity index (χ3n) is 8.63. The standard InChI is InChI=1S/C29H29F2N3O3/c30-21-5-2-6-22(31)24(21)26-33-23(7-8-29-13-16-9-17(14-29)11-18(10-16)15-29)25(34-26)27(35)32-20-4-1-3-19(12-20)28(36)37/h1-6,12,16-18H,7-11,13-15H2,(H,32,35)(H,33,34)(H,36,37). The Kier molecular flexibility index (Phi) is 5.85. The topological polar surface area (TPSA) is 95.1 Å². The van der Waals surface area contributed by atoms with Gasteiger partial charge in [-0.1, -0.05) is 12.1 Å². The number of carbonyl (C=O) groups is 2. The molecule has 0 atom stereocenters. The number of aromatic carboxylic acids is 1. The highest BCUT2D eigenvalue weighted by molar-refractivity contribution is 6.04. The smallest absolute Gasteiger partial charge is 0.335 e. The molecule has 0 saturated heterocycles. The minimum absolute atomic E-state index is 0.0273. The number of H-pyrrole nitrogens is 1. The molecular weight excluding hydrogens is 476 g/mol. The maximum atomic E-state index is 14.6. The molecule has 3 N–H and O–H groups in total. The number of carbonyl (C=O) groups excluding carboxylic acids is 1. The molecule has 4 bridgehead atoms. The largest absolute Gasteiger partial charge is 0.478 e. The van der Waals surface area contributed by atoms with E-state index >= 15 is 0 Å². The Balaban J connectivity index is 1.31. The van der Waals surface area contributed by atoms with Crippen LogP contribution in [0.15, 0.2) is 42.5 Å². The molecule has 192 valence electrons. The van der Waals surface area contributed by atoms with Crippen molar-refractivity contribution in [1.29, 1.82) is 0 Å². The number of aromatic amines is 1. The molecule has 8 heteroatoms. The molecular formula is C29H29F2N3O3. The lowest BCUT2D eigenvalue weighted by molar-refractivity contribution is -0.0570. The van der Waals surface area contributed by atoms with Gasteiger partial charge in [-0.2, -0.15) is 0 Å². The first kappa shape index (κ1) is 23.8. The zero-order valence-electron chi connectivity index (χ0n) is 20.4. The summed E-state index contributed by atoms with van der Waals surface area (Å²) in [5, 5.41) is 12.0. The van der Waals surface area contributed by atoms with Crippen LogP contribution < -0.4 is 5.32 Å². The summed E-state index contributed by atoms with van der Waals surface area (Å²) in [4.78, 5) is 32.1. The lowest BCUT2D eigenvalue weighted by Crippen LogP contribution is -2.46. The van der Waals surface area contributed by atoms with Crippen molar-refractivity contribution in [3.05, 3.63) is 71.1 Å². The highest BCUT2D eigenvalue weighted by Crippen LogP contribution is 2.61. The van der Waals surface area contributed by atoms with Crippen LogP contribution in [0.1, 0.15) is 71.5 Å². The summed E-state index contributed by atoms with van der Waals surface area (Å²) < 4.78 is 29.2. The first-order valence-electron chi connectivity index (χ1n) is 13.0. The molecule has 1 amide bonds. The van der Waals surface area contributed by atoms with Crippen LogP contribution in [-0.4, -0.2) is 27.0 Å². The third kappa shape index (κ3) is 4.54. The predicted molar refractivity (Wildman–Crippen MR) is 134 cm³/mol. The van der Waals surface area contributed by atoms with Crippen LogP contribution in [0.4, 0.5) is 14.5 Å². The van der Waals surface area contributed by atoms with Crippen molar-refractivity contribution in [1.82, 2.24) is 9.97 Å². The number of amides is 1. The fourth-order valence-corrected chi connectivity index (χ4v) is 7.53. The second-order valence-corrected chi connectivity index (χ2v) is 11.3. The minimum Gasteiger partial charge on any atom is -0.478 e. The number of aryl methyl sites for hydroxylation is 1. The van der Waals surface area contributed by atoms with E-state index in [9.17, 15) is 23.5 Å². The molecule has 1 aromatic heterocycles. The molecule has 0 unspecified atom stereocenters. The lowest BCUT2D eigenvalue weighted by atomic mass is 9.48. The van der Waals surface area contributed by atoms with Gasteiger partial charge in [0.25, 0.3) is 5.91 Å². The normalized spacial score (nSPS) is 25.8. The average Bonchev–Trinajstić information content (AvgIpc) is 3.26. The molecule has 6 nitrogen and oxygen atoms in total. The fourth-order valence-electron chi connectivity index (χ4n) is 7.53. The van der Waals surface area contributed by atoms with Gasteiger partial charge in [-0.25, -0.2) is 18.6 Å². The Hall–Kier alpha value is -3.55. The van der Waals surface area contributed by atoms with Crippen molar-refractivity contribution in [3.63, 3.8) is 0 Å². The van der Waals surface area contributed by atoms with Crippen LogP contribution in [0.25, 0.3) is 11.4 Å². The number of hydrogen-bond donors (Lipinski definition) is 3. The Labute approximate surface area is 213 Å². The number of imidazole rings is 1. The zero-order chi connectivity index (χ0) is 25.7. The quantitative estimate of drug-likeness (QED) is 0.344. The van der Waals surface area contributed by atoms with E-state index in [0.29, 0.717) is 17.8 Å². The Morgan fingerprint density at radius 2 is 1.62 bits per heavy atom. The Morgan fingerprint density at radius 1 is 1.00 bits per heavy atom. The van der Waals surface area contributed by atoms with E-state index in [1.54, 1.807) is 6.07 Å². The molecule has 1 heterocycles. The summed E-state index contributed by atoms with van der Waals surface area (Å²) in [6.45, 7) is 0. The van der Waals surface area contributed by atoms with Crippen molar-refractivity contribution in [2.24, 2.45) is 23.2 Å². The lowest BCUT2D eigenvalue weighted by Gasteiger charge is -2.57. The third-order valence-corrected chi connectivity index (χ3v) is 8.63. The van der Waals surface area contributed by atoms with Gasteiger partial charge in [0, 0.05) is 11.4 Å². The van der Waals surface area contributed by atoms with Crippen molar-refractivity contribution in [2.45, 2.75) is 51.4 Å². The molecule has 0 aliphatic heterocycles. The summed E-state index contributed by atoms with van der Waals surface area (Å²) in [5.41, 5.74) is 0.913. The second-order valence-electron chi connectivity index (χ2n) is 11.3. The number of aromatic nitrogens is 2. The van der Waals surface area contributed by atoms with Crippen molar-refractivity contribution < 1.29 is 23.5 Å². The number of nitrogens with one attached hydrogen (secondary N) is 2. The number of nitrogens with zero attached hydrogens (tertiary/aromatic N) is 1. The number of carboxylic acid groups (broad SMARTS) is 1. The summed E-state index contributed by atoms with van der Waals surface area (Å²) in [6, 6.07) is 9.53. The van der Waals surface area contributed by atoms with E-state index in [-0.39, 0.29) is 28.1 Å².